The summed E-state index contributed by atoms with van der Waals surface area (Å²) in [6.07, 6.45) is 1.16. The van der Waals surface area contributed by atoms with Crippen LogP contribution in [0.15, 0.2) is 18.2 Å². The van der Waals surface area contributed by atoms with Crippen LogP contribution in [0.3, 0.4) is 0 Å². The molecule has 0 aliphatic carbocycles. The van der Waals surface area contributed by atoms with Crippen LogP contribution in [0, 0.1) is 17.7 Å². The molecule has 1 aromatic rings. The molecule has 0 atom stereocenters. The van der Waals surface area contributed by atoms with E-state index in [0.717, 1.165) is 0 Å². The fraction of sp³-hybridized carbons (Fsp3) is 0.182. The van der Waals surface area contributed by atoms with Crippen molar-refractivity contribution in [1.82, 2.24) is 0 Å². The van der Waals surface area contributed by atoms with E-state index in [1.165, 1.54) is 12.1 Å². The van der Waals surface area contributed by atoms with Gasteiger partial charge in [0.15, 0.2) is 0 Å². The highest BCUT2D eigenvalue weighted by Gasteiger charge is 1.97. The van der Waals surface area contributed by atoms with Gasteiger partial charge in [0.05, 0.1) is 0 Å². The first-order valence-corrected chi connectivity index (χ1v) is 4.21. The maximum absolute atomic E-state index is 12.9. The summed E-state index contributed by atoms with van der Waals surface area (Å²) in [5, 5.41) is 0. The molecule has 0 amide bonds. The van der Waals surface area contributed by atoms with Crippen molar-refractivity contribution in [3.63, 3.8) is 0 Å². The molecule has 0 saturated carbocycles. The zero-order chi connectivity index (χ0) is 10.4. The third kappa shape index (κ3) is 3.00. The fourth-order valence-corrected chi connectivity index (χ4v) is 0.989. The molecule has 3 heteroatoms. The summed E-state index contributed by atoms with van der Waals surface area (Å²) >= 11 is 0. The fourth-order valence-electron chi connectivity index (χ4n) is 0.989. The molecule has 1 aromatic carbocycles. The minimum Gasteiger partial charge on any atom is -0.330 e. The number of benzene rings is 1. The van der Waals surface area contributed by atoms with Gasteiger partial charge in [0, 0.05) is 24.1 Å². The number of hydrogen-bond donors (Lipinski definition) is 1. The minimum atomic E-state index is -0.452. The van der Waals surface area contributed by atoms with Crippen LogP contribution in [-0.4, -0.2) is 12.8 Å². The van der Waals surface area contributed by atoms with Crippen molar-refractivity contribution in [3.8, 4) is 11.8 Å². The predicted octanol–water partition coefficient (Wildman–Crippen LogP) is 1.34. The number of nitrogens with two attached hydrogens (primary N) is 1. The number of hydrogen-bond acceptors (Lipinski definition) is 2. The molecule has 0 fully saturated rings. The predicted molar refractivity (Wildman–Crippen MR) is 52.3 cm³/mol. The van der Waals surface area contributed by atoms with E-state index in [1.807, 2.05) is 0 Å². The Morgan fingerprint density at radius 2 is 2.21 bits per heavy atom. The highest BCUT2D eigenvalue weighted by atomic mass is 19.1. The molecule has 2 nitrogen and oxygen atoms in total. The van der Waals surface area contributed by atoms with Gasteiger partial charge in [-0.15, -0.1) is 0 Å². The summed E-state index contributed by atoms with van der Waals surface area (Å²) in [4.78, 5) is 10.4. The average molecular weight is 191 g/mol. The summed E-state index contributed by atoms with van der Waals surface area (Å²) in [5.41, 5.74) is 6.04. The summed E-state index contributed by atoms with van der Waals surface area (Å²) in [6.45, 7) is 0.475. The quantitative estimate of drug-likeness (QED) is 0.566. The molecule has 0 aliphatic rings. The lowest BCUT2D eigenvalue weighted by Gasteiger charge is -1.94. The van der Waals surface area contributed by atoms with Crippen LogP contribution in [0.4, 0.5) is 4.39 Å². The Morgan fingerprint density at radius 1 is 1.43 bits per heavy atom. The molecule has 0 heterocycles. The Labute approximate surface area is 81.9 Å². The second-order valence-corrected chi connectivity index (χ2v) is 2.73. The smallest absolute Gasteiger partial charge is 0.150 e. The molecule has 1 rings (SSSR count). The van der Waals surface area contributed by atoms with Crippen molar-refractivity contribution in [2.24, 2.45) is 5.73 Å². The van der Waals surface area contributed by atoms with Crippen molar-refractivity contribution in [2.75, 3.05) is 6.54 Å². The van der Waals surface area contributed by atoms with E-state index >= 15 is 0 Å². The Morgan fingerprint density at radius 3 is 2.86 bits per heavy atom. The van der Waals surface area contributed by atoms with E-state index in [1.54, 1.807) is 6.07 Å². The number of rotatable bonds is 2. The zero-order valence-electron chi connectivity index (χ0n) is 7.59. The highest BCUT2D eigenvalue weighted by molar-refractivity contribution is 5.75. The van der Waals surface area contributed by atoms with E-state index in [4.69, 9.17) is 5.73 Å². The zero-order valence-corrected chi connectivity index (χ0v) is 7.59. The number of aldehydes is 1. The monoisotopic (exact) mass is 191 g/mol. The first-order valence-electron chi connectivity index (χ1n) is 4.21. The lowest BCUT2D eigenvalue weighted by atomic mass is 10.1. The van der Waals surface area contributed by atoms with Crippen molar-refractivity contribution in [1.29, 1.82) is 0 Å². The van der Waals surface area contributed by atoms with Crippen LogP contribution in [0.2, 0.25) is 0 Å². The van der Waals surface area contributed by atoms with E-state index in [0.29, 0.717) is 30.4 Å². The number of halogens is 1. The lowest BCUT2D eigenvalue weighted by molar-refractivity contribution is 0.112. The average Bonchev–Trinajstić information content (AvgIpc) is 2.17. The Bertz CT molecular complexity index is 390. The molecule has 0 bridgehead atoms. The van der Waals surface area contributed by atoms with Crippen LogP contribution in [0.5, 0.6) is 0 Å². The normalized spacial score (nSPS) is 9.00. The standard InChI is InChI=1S/C11H10FNO/c12-11-6-9(3-1-2-4-13)5-10(7-11)8-14/h5-8H,2,4,13H2. The molecule has 2 N–H and O–H groups in total. The van der Waals surface area contributed by atoms with Crippen LogP contribution in [-0.2, 0) is 0 Å². The van der Waals surface area contributed by atoms with E-state index < -0.39 is 5.82 Å². The van der Waals surface area contributed by atoms with Gasteiger partial charge in [-0.05, 0) is 18.2 Å². The third-order valence-corrected chi connectivity index (χ3v) is 1.56. The third-order valence-electron chi connectivity index (χ3n) is 1.56. The first kappa shape index (κ1) is 10.4. The largest absolute Gasteiger partial charge is 0.330 e. The minimum absolute atomic E-state index is 0.294. The van der Waals surface area contributed by atoms with E-state index in [2.05, 4.69) is 11.8 Å². The van der Waals surface area contributed by atoms with Gasteiger partial charge in [0.1, 0.15) is 12.1 Å². The van der Waals surface area contributed by atoms with Crippen LogP contribution < -0.4 is 5.73 Å². The van der Waals surface area contributed by atoms with Crippen molar-refractivity contribution in [2.45, 2.75) is 6.42 Å². The summed E-state index contributed by atoms with van der Waals surface area (Å²) in [7, 11) is 0. The lowest BCUT2D eigenvalue weighted by Crippen LogP contribution is -1.95. The van der Waals surface area contributed by atoms with Crippen molar-refractivity contribution in [3.05, 3.63) is 35.1 Å². The maximum atomic E-state index is 12.9. The van der Waals surface area contributed by atoms with Crippen LogP contribution in [0.1, 0.15) is 22.3 Å². The van der Waals surface area contributed by atoms with Crippen molar-refractivity contribution >= 4 is 6.29 Å². The molecule has 0 aromatic heterocycles. The number of carbonyl (C=O) groups excluding carboxylic acids is 1. The van der Waals surface area contributed by atoms with Gasteiger partial charge in [-0.3, -0.25) is 4.79 Å². The molecule has 0 spiro atoms. The van der Waals surface area contributed by atoms with Crippen LogP contribution in [0.25, 0.3) is 0 Å². The summed E-state index contributed by atoms with van der Waals surface area (Å²) in [5.74, 6) is 5.05. The Balaban J connectivity index is 2.93. The first-order chi connectivity index (χ1) is 6.76. The molecule has 0 unspecified atom stereocenters. The molecule has 0 saturated heterocycles. The van der Waals surface area contributed by atoms with Gasteiger partial charge in [-0.25, -0.2) is 4.39 Å². The van der Waals surface area contributed by atoms with Gasteiger partial charge in [-0.1, -0.05) is 11.8 Å². The molecule has 0 radical (unpaired) electrons. The van der Waals surface area contributed by atoms with Crippen LogP contribution >= 0.6 is 0 Å². The van der Waals surface area contributed by atoms with Gasteiger partial charge in [0.2, 0.25) is 0 Å². The molecular formula is C11H10FNO. The van der Waals surface area contributed by atoms with Gasteiger partial charge >= 0.3 is 0 Å². The Kier molecular flexibility index (Phi) is 3.84. The van der Waals surface area contributed by atoms with E-state index in [9.17, 15) is 9.18 Å². The second kappa shape index (κ2) is 5.15. The highest BCUT2D eigenvalue weighted by Crippen LogP contribution is 2.06. The molecular weight excluding hydrogens is 181 g/mol. The SMILES string of the molecule is NCCC#Cc1cc(F)cc(C=O)c1. The maximum Gasteiger partial charge on any atom is 0.150 e. The Hall–Kier alpha value is -1.66. The van der Waals surface area contributed by atoms with Gasteiger partial charge in [0.25, 0.3) is 0 Å². The second-order valence-electron chi connectivity index (χ2n) is 2.73. The molecule has 14 heavy (non-hydrogen) atoms. The van der Waals surface area contributed by atoms with Crippen molar-refractivity contribution < 1.29 is 9.18 Å². The van der Waals surface area contributed by atoms with Gasteiger partial charge in [-0.2, -0.15) is 0 Å². The topological polar surface area (TPSA) is 43.1 Å². The summed E-state index contributed by atoms with van der Waals surface area (Å²) in [6, 6.07) is 4.00. The number of carbonyl (C=O) groups is 1. The van der Waals surface area contributed by atoms with Gasteiger partial charge < -0.3 is 5.73 Å². The summed E-state index contributed by atoms with van der Waals surface area (Å²) < 4.78 is 12.9. The molecule has 72 valence electrons. The van der Waals surface area contributed by atoms with E-state index in [-0.39, 0.29) is 0 Å². The molecule has 0 aliphatic heterocycles.